The van der Waals surface area contributed by atoms with Crippen molar-refractivity contribution in [3.05, 3.63) is 70.2 Å². The summed E-state index contributed by atoms with van der Waals surface area (Å²) in [5.41, 5.74) is 8.05. The van der Waals surface area contributed by atoms with E-state index in [1.807, 2.05) is 6.07 Å². The summed E-state index contributed by atoms with van der Waals surface area (Å²) in [7, 11) is 0. The minimum Gasteiger partial charge on any atom is -0.483 e. The maximum absolute atomic E-state index is 14.5. The molecular weight excluding hydrogens is 484 g/mol. The van der Waals surface area contributed by atoms with Gasteiger partial charge in [-0.1, -0.05) is 6.07 Å². The highest BCUT2D eigenvalue weighted by molar-refractivity contribution is 5.95. The fourth-order valence-electron chi connectivity index (χ4n) is 4.66. The van der Waals surface area contributed by atoms with E-state index in [0.717, 1.165) is 11.8 Å². The third-order valence-electron chi connectivity index (χ3n) is 6.45. The van der Waals surface area contributed by atoms with Crippen LogP contribution in [0.5, 0.6) is 5.75 Å². The number of carbonyl (C=O) groups excluding carboxylic acids is 2. The summed E-state index contributed by atoms with van der Waals surface area (Å²) in [6, 6.07) is 5.33. The van der Waals surface area contributed by atoms with E-state index >= 15 is 0 Å². The lowest BCUT2D eigenvalue weighted by Crippen LogP contribution is -2.58. The second kappa shape index (κ2) is 9.26. The molecule has 5 rings (SSSR count). The zero-order chi connectivity index (χ0) is 26.4. The highest BCUT2D eigenvalue weighted by Crippen LogP contribution is 2.32. The average Bonchev–Trinajstić information content (AvgIpc) is 3.40. The van der Waals surface area contributed by atoms with E-state index in [1.165, 1.54) is 32.8 Å². The van der Waals surface area contributed by atoms with Crippen LogP contribution < -0.4 is 10.5 Å². The number of amides is 3. The van der Waals surface area contributed by atoms with Gasteiger partial charge in [-0.3, -0.25) is 4.79 Å². The van der Waals surface area contributed by atoms with Crippen LogP contribution in [0.25, 0.3) is 5.82 Å². The Labute approximate surface area is 211 Å². The van der Waals surface area contributed by atoms with Crippen molar-refractivity contribution < 1.29 is 23.1 Å². The monoisotopic (exact) mass is 509 g/mol. The molecule has 1 unspecified atom stereocenters. The number of halogens is 2. The number of benzene rings is 1. The molecule has 0 aliphatic carbocycles. The predicted octanol–water partition coefficient (Wildman–Crippen LogP) is 3.19. The second-order valence-electron chi connectivity index (χ2n) is 9.18. The lowest BCUT2D eigenvalue weighted by atomic mass is 10.0. The Hall–Kier alpha value is -4.35. The summed E-state index contributed by atoms with van der Waals surface area (Å²) >= 11 is 0. The quantitative estimate of drug-likeness (QED) is 0.567. The van der Waals surface area contributed by atoms with E-state index < -0.39 is 23.9 Å². The van der Waals surface area contributed by atoms with Crippen molar-refractivity contribution in [1.29, 1.82) is 0 Å². The first-order chi connectivity index (χ1) is 17.6. The third-order valence-corrected chi connectivity index (χ3v) is 6.45. The van der Waals surface area contributed by atoms with Crippen LogP contribution in [0.4, 0.5) is 13.6 Å². The summed E-state index contributed by atoms with van der Waals surface area (Å²) in [6.45, 7) is 5.56. The number of urea groups is 1. The largest absolute Gasteiger partial charge is 0.483 e. The van der Waals surface area contributed by atoms with Crippen molar-refractivity contribution in [3.63, 3.8) is 0 Å². The molecule has 3 aromatic rings. The molecule has 1 saturated heterocycles. The van der Waals surface area contributed by atoms with Crippen molar-refractivity contribution in [3.8, 4) is 11.6 Å². The van der Waals surface area contributed by atoms with Gasteiger partial charge in [0.1, 0.15) is 11.9 Å². The first-order valence-electron chi connectivity index (χ1n) is 11.7. The van der Waals surface area contributed by atoms with E-state index in [4.69, 9.17) is 10.5 Å². The molecule has 1 aromatic carbocycles. The minimum absolute atomic E-state index is 0.0532. The number of nitrogens with two attached hydrogens (primary N) is 1. The van der Waals surface area contributed by atoms with Gasteiger partial charge in [0.25, 0.3) is 5.91 Å². The number of carbonyl (C=O) groups is 2. The van der Waals surface area contributed by atoms with Gasteiger partial charge in [-0.2, -0.15) is 10.2 Å². The number of pyridine rings is 1. The van der Waals surface area contributed by atoms with Gasteiger partial charge in [0.05, 0.1) is 42.3 Å². The molecule has 2 N–H and O–H groups in total. The van der Waals surface area contributed by atoms with Crippen LogP contribution in [0, 0.1) is 32.4 Å². The molecule has 0 bridgehead atoms. The summed E-state index contributed by atoms with van der Waals surface area (Å²) in [4.78, 5) is 30.4. The predicted molar refractivity (Wildman–Crippen MR) is 130 cm³/mol. The van der Waals surface area contributed by atoms with E-state index in [0.29, 0.717) is 23.4 Å². The first-order valence-corrected chi connectivity index (χ1v) is 11.7. The van der Waals surface area contributed by atoms with E-state index in [-0.39, 0.29) is 42.1 Å². The number of rotatable bonds is 5. The number of hydrogen-bond acceptors (Lipinski definition) is 6. The molecule has 2 aliphatic heterocycles. The summed E-state index contributed by atoms with van der Waals surface area (Å²) < 4.78 is 35.6. The number of primary amides is 1. The highest BCUT2D eigenvalue weighted by Gasteiger charge is 2.39. The minimum atomic E-state index is -0.670. The van der Waals surface area contributed by atoms with Gasteiger partial charge >= 0.3 is 6.03 Å². The Kier molecular flexibility index (Phi) is 6.10. The molecule has 0 spiro atoms. The average molecular weight is 510 g/mol. The van der Waals surface area contributed by atoms with Crippen LogP contribution in [0.15, 0.2) is 35.6 Å². The van der Waals surface area contributed by atoms with Crippen molar-refractivity contribution in [2.24, 2.45) is 10.8 Å². The normalized spacial score (nSPS) is 17.3. The van der Waals surface area contributed by atoms with Gasteiger partial charge in [0.2, 0.25) is 0 Å². The van der Waals surface area contributed by atoms with E-state index in [9.17, 15) is 18.4 Å². The van der Waals surface area contributed by atoms with Gasteiger partial charge < -0.3 is 15.4 Å². The van der Waals surface area contributed by atoms with E-state index in [2.05, 4.69) is 15.2 Å². The molecule has 192 valence electrons. The molecule has 4 heterocycles. The fraction of sp³-hybridized carbons (Fsp3) is 0.320. The first kappa shape index (κ1) is 24.3. The van der Waals surface area contributed by atoms with Crippen molar-refractivity contribution >= 4 is 18.2 Å². The number of nitrogens with zero attached hydrogens (tertiary/aromatic N) is 6. The molecule has 37 heavy (non-hydrogen) atoms. The highest BCUT2D eigenvalue weighted by atomic mass is 19.1. The van der Waals surface area contributed by atoms with Crippen molar-refractivity contribution in [2.75, 3.05) is 13.1 Å². The summed E-state index contributed by atoms with van der Waals surface area (Å²) in [6.07, 6.45) is 2.68. The molecule has 10 nitrogen and oxygen atoms in total. The SMILES string of the molecule is Cc1cc(F)cc(C2CC=NN2C(=O)N2CC(Oc3cc(-n4nc(C)c(C(N)=O)c4C)ncc3F)C2)c1. The zero-order valence-corrected chi connectivity index (χ0v) is 20.5. The Morgan fingerprint density at radius 3 is 2.54 bits per heavy atom. The van der Waals surface area contributed by atoms with Crippen LogP contribution in [0.1, 0.15) is 45.3 Å². The number of ether oxygens (including phenoxy) is 1. The Bertz CT molecular complexity index is 1410. The molecule has 2 aromatic heterocycles. The Morgan fingerprint density at radius 1 is 1.11 bits per heavy atom. The second-order valence-corrected chi connectivity index (χ2v) is 9.18. The number of aryl methyl sites for hydroxylation is 2. The third kappa shape index (κ3) is 4.50. The fourth-order valence-corrected chi connectivity index (χ4v) is 4.66. The maximum Gasteiger partial charge on any atom is 0.341 e. The number of hydrazone groups is 1. The summed E-state index contributed by atoms with van der Waals surface area (Å²) in [5.74, 6) is -1.44. The smallest absolute Gasteiger partial charge is 0.341 e. The molecule has 0 radical (unpaired) electrons. The molecule has 1 atom stereocenters. The lowest BCUT2D eigenvalue weighted by Gasteiger charge is -2.41. The van der Waals surface area contributed by atoms with Crippen LogP contribution in [-0.2, 0) is 0 Å². The number of hydrogen-bond donors (Lipinski definition) is 1. The molecule has 12 heteroatoms. The van der Waals surface area contributed by atoms with Crippen molar-refractivity contribution in [2.45, 2.75) is 39.3 Å². The number of likely N-dealkylation sites (tertiary alicyclic amines) is 1. The molecule has 2 aliphatic rings. The zero-order valence-electron chi connectivity index (χ0n) is 20.5. The van der Waals surface area contributed by atoms with Gasteiger partial charge in [-0.05, 0) is 44.0 Å². The molecule has 1 fully saturated rings. The van der Waals surface area contributed by atoms with Crippen LogP contribution >= 0.6 is 0 Å². The molecular formula is C25H25F2N7O3. The Balaban J connectivity index is 1.26. The van der Waals surface area contributed by atoms with Crippen molar-refractivity contribution in [1.82, 2.24) is 24.7 Å². The van der Waals surface area contributed by atoms with Gasteiger partial charge in [0.15, 0.2) is 17.4 Å². The van der Waals surface area contributed by atoms with Crippen LogP contribution in [0.3, 0.4) is 0 Å². The van der Waals surface area contributed by atoms with E-state index in [1.54, 1.807) is 27.0 Å². The topological polar surface area (TPSA) is 119 Å². The Morgan fingerprint density at radius 2 is 1.86 bits per heavy atom. The molecule has 0 saturated carbocycles. The maximum atomic E-state index is 14.5. The van der Waals surface area contributed by atoms with Gasteiger partial charge in [0, 0.05) is 18.7 Å². The molecule has 3 amide bonds. The lowest BCUT2D eigenvalue weighted by molar-refractivity contribution is 0.0256. The van der Waals surface area contributed by atoms with Crippen LogP contribution in [0.2, 0.25) is 0 Å². The van der Waals surface area contributed by atoms with Gasteiger partial charge in [-0.25, -0.2) is 28.3 Å². The van der Waals surface area contributed by atoms with Gasteiger partial charge in [-0.15, -0.1) is 0 Å². The summed E-state index contributed by atoms with van der Waals surface area (Å²) in [5, 5.41) is 9.83. The standard InChI is InChI=1S/C25H25F2N7O3/c1-13-6-16(8-17(26)7-13)20-4-5-30-34(20)25(36)32-11-18(12-32)37-21-9-22(29-10-19(21)27)33-15(3)23(24(28)35)14(2)31-33/h5-10,18,20H,4,11-12H2,1-3H3,(H2,28,35). The van der Waals surface area contributed by atoms with Crippen LogP contribution in [-0.4, -0.2) is 62.0 Å². The number of aromatic nitrogens is 3.